The van der Waals surface area contributed by atoms with Crippen LogP contribution in [0.4, 0.5) is 0 Å². The van der Waals surface area contributed by atoms with Crippen LogP contribution >= 0.6 is 0 Å². The quantitative estimate of drug-likeness (QED) is 0.537. The van der Waals surface area contributed by atoms with Crippen LogP contribution in [0.5, 0.6) is 0 Å². The predicted molar refractivity (Wildman–Crippen MR) is 33.8 cm³/mol. The van der Waals surface area contributed by atoms with E-state index in [4.69, 9.17) is 5.11 Å². The number of allylic oxidation sites excluding steroid dienone is 2. The van der Waals surface area contributed by atoms with Crippen LogP contribution in [0.2, 0.25) is 0 Å². The number of aldehydes is 1. The van der Waals surface area contributed by atoms with Crippen molar-refractivity contribution in [2.24, 2.45) is 5.92 Å². The Hall–Kier alpha value is -0.890. The summed E-state index contributed by atoms with van der Waals surface area (Å²) >= 11 is 0. The van der Waals surface area contributed by atoms with Gasteiger partial charge in [-0.05, 0) is 0 Å². The lowest BCUT2D eigenvalue weighted by atomic mass is 10.1. The third kappa shape index (κ3) is 1.27. The van der Waals surface area contributed by atoms with Crippen molar-refractivity contribution in [3.63, 3.8) is 0 Å². The van der Waals surface area contributed by atoms with Crippen molar-refractivity contribution < 1.29 is 9.90 Å². The molecule has 1 aliphatic carbocycles. The predicted octanol–water partition coefficient (Wildman–Crippen LogP) is 0.288. The van der Waals surface area contributed by atoms with Crippen molar-refractivity contribution in [3.8, 4) is 0 Å². The van der Waals surface area contributed by atoms with Gasteiger partial charge in [0.15, 0.2) is 0 Å². The van der Waals surface area contributed by atoms with Crippen LogP contribution in [0.1, 0.15) is 0 Å². The van der Waals surface area contributed by atoms with Gasteiger partial charge >= 0.3 is 0 Å². The molecule has 1 aliphatic rings. The second-order valence-electron chi connectivity index (χ2n) is 1.97. The van der Waals surface area contributed by atoms with Crippen LogP contribution in [0.15, 0.2) is 24.3 Å². The van der Waals surface area contributed by atoms with Gasteiger partial charge in [0.1, 0.15) is 12.4 Å². The van der Waals surface area contributed by atoms with E-state index in [0.29, 0.717) is 6.29 Å². The standard InChI is InChI=1S/C7H8O2/c8-5-7(9)6-3-1-2-4-6/h1-7,9H. The first-order valence-corrected chi connectivity index (χ1v) is 2.83. The number of aliphatic hydroxyl groups excluding tert-OH is 1. The van der Waals surface area contributed by atoms with Crippen LogP contribution in [-0.4, -0.2) is 17.5 Å². The van der Waals surface area contributed by atoms with Crippen molar-refractivity contribution in [2.45, 2.75) is 6.10 Å². The second-order valence-corrected chi connectivity index (χ2v) is 1.97. The van der Waals surface area contributed by atoms with E-state index in [0.717, 1.165) is 0 Å². The van der Waals surface area contributed by atoms with Gasteiger partial charge < -0.3 is 9.90 Å². The summed E-state index contributed by atoms with van der Waals surface area (Å²) < 4.78 is 0. The molecule has 48 valence electrons. The van der Waals surface area contributed by atoms with E-state index >= 15 is 0 Å². The Kier molecular flexibility index (Phi) is 1.80. The molecule has 0 radical (unpaired) electrons. The Bertz CT molecular complexity index is 146. The lowest BCUT2D eigenvalue weighted by Crippen LogP contribution is -2.16. The largest absolute Gasteiger partial charge is 0.385 e. The monoisotopic (exact) mass is 124 g/mol. The van der Waals surface area contributed by atoms with E-state index in [1.165, 1.54) is 0 Å². The van der Waals surface area contributed by atoms with E-state index in [-0.39, 0.29) is 5.92 Å². The lowest BCUT2D eigenvalue weighted by Gasteiger charge is -2.04. The molecule has 9 heavy (non-hydrogen) atoms. The summed E-state index contributed by atoms with van der Waals surface area (Å²) in [6, 6.07) is 0. The average Bonchev–Trinajstić information content (AvgIpc) is 2.37. The maximum absolute atomic E-state index is 9.97. The molecule has 0 aliphatic heterocycles. The van der Waals surface area contributed by atoms with Gasteiger partial charge in [0.25, 0.3) is 0 Å². The fourth-order valence-corrected chi connectivity index (χ4v) is 0.767. The molecule has 0 saturated heterocycles. The van der Waals surface area contributed by atoms with Crippen molar-refractivity contribution >= 4 is 6.29 Å². The van der Waals surface area contributed by atoms with Crippen LogP contribution in [0.3, 0.4) is 0 Å². The molecule has 0 saturated carbocycles. The fourth-order valence-electron chi connectivity index (χ4n) is 0.767. The first-order chi connectivity index (χ1) is 4.34. The smallest absolute Gasteiger partial charge is 0.149 e. The molecule has 0 aromatic heterocycles. The Labute approximate surface area is 53.5 Å². The molecule has 1 unspecified atom stereocenters. The Morgan fingerprint density at radius 2 is 2.00 bits per heavy atom. The average molecular weight is 124 g/mol. The number of aliphatic hydroxyl groups is 1. The van der Waals surface area contributed by atoms with Gasteiger partial charge in [-0.25, -0.2) is 0 Å². The highest BCUT2D eigenvalue weighted by molar-refractivity contribution is 5.58. The molecule has 0 spiro atoms. The molecular formula is C7H8O2. The molecule has 2 heteroatoms. The van der Waals surface area contributed by atoms with Gasteiger partial charge in [0, 0.05) is 5.92 Å². The van der Waals surface area contributed by atoms with Gasteiger partial charge in [-0.3, -0.25) is 0 Å². The Morgan fingerprint density at radius 3 is 2.44 bits per heavy atom. The zero-order chi connectivity index (χ0) is 6.69. The van der Waals surface area contributed by atoms with Crippen LogP contribution < -0.4 is 0 Å². The minimum atomic E-state index is -0.861. The van der Waals surface area contributed by atoms with E-state index in [1.807, 2.05) is 12.2 Å². The molecule has 1 rings (SSSR count). The molecule has 0 aromatic carbocycles. The van der Waals surface area contributed by atoms with E-state index in [2.05, 4.69) is 0 Å². The number of rotatable bonds is 2. The molecule has 0 bridgehead atoms. The molecule has 0 aromatic rings. The van der Waals surface area contributed by atoms with Crippen molar-refractivity contribution in [1.82, 2.24) is 0 Å². The maximum atomic E-state index is 9.97. The van der Waals surface area contributed by atoms with Crippen LogP contribution in [0.25, 0.3) is 0 Å². The first kappa shape index (κ1) is 6.23. The fraction of sp³-hybridized carbons (Fsp3) is 0.286. The summed E-state index contributed by atoms with van der Waals surface area (Å²) in [7, 11) is 0. The highest BCUT2D eigenvalue weighted by atomic mass is 16.3. The molecule has 0 fully saturated rings. The minimum absolute atomic E-state index is 0.0949. The molecular weight excluding hydrogens is 116 g/mol. The summed E-state index contributed by atoms with van der Waals surface area (Å²) in [5.41, 5.74) is 0. The second kappa shape index (κ2) is 2.60. The van der Waals surface area contributed by atoms with Crippen molar-refractivity contribution in [2.75, 3.05) is 0 Å². The van der Waals surface area contributed by atoms with Gasteiger partial charge in [0.05, 0.1) is 0 Å². The normalized spacial score (nSPS) is 20.6. The van der Waals surface area contributed by atoms with Crippen LogP contribution in [-0.2, 0) is 4.79 Å². The molecule has 0 heterocycles. The summed E-state index contributed by atoms with van der Waals surface area (Å²) in [5, 5.41) is 8.89. The third-order valence-electron chi connectivity index (χ3n) is 1.31. The van der Waals surface area contributed by atoms with Gasteiger partial charge in [0.2, 0.25) is 0 Å². The van der Waals surface area contributed by atoms with Crippen molar-refractivity contribution in [1.29, 1.82) is 0 Å². The Morgan fingerprint density at radius 1 is 1.44 bits per heavy atom. The zero-order valence-electron chi connectivity index (χ0n) is 4.90. The van der Waals surface area contributed by atoms with Gasteiger partial charge in [-0.1, -0.05) is 24.3 Å². The first-order valence-electron chi connectivity index (χ1n) is 2.83. The maximum Gasteiger partial charge on any atom is 0.149 e. The van der Waals surface area contributed by atoms with Gasteiger partial charge in [-0.15, -0.1) is 0 Å². The Balaban J connectivity index is 2.52. The summed E-state index contributed by atoms with van der Waals surface area (Å²) in [6.07, 6.45) is 6.90. The van der Waals surface area contributed by atoms with E-state index in [9.17, 15) is 4.79 Å². The number of hydrogen-bond acceptors (Lipinski definition) is 2. The molecule has 1 N–H and O–H groups in total. The molecule has 0 amide bonds. The summed E-state index contributed by atoms with van der Waals surface area (Å²) in [5.74, 6) is -0.0949. The topological polar surface area (TPSA) is 37.3 Å². The lowest BCUT2D eigenvalue weighted by molar-refractivity contribution is -0.115. The van der Waals surface area contributed by atoms with E-state index in [1.54, 1.807) is 12.2 Å². The van der Waals surface area contributed by atoms with E-state index < -0.39 is 6.10 Å². The molecule has 1 atom stereocenters. The molecule has 2 nitrogen and oxygen atoms in total. The SMILES string of the molecule is O=CC(O)C1C=CC=C1. The van der Waals surface area contributed by atoms with Crippen LogP contribution in [0, 0.1) is 5.92 Å². The van der Waals surface area contributed by atoms with Gasteiger partial charge in [-0.2, -0.15) is 0 Å². The summed E-state index contributed by atoms with van der Waals surface area (Å²) in [6.45, 7) is 0. The number of hydrogen-bond donors (Lipinski definition) is 1. The highest BCUT2D eigenvalue weighted by Crippen LogP contribution is 2.11. The van der Waals surface area contributed by atoms with Crippen molar-refractivity contribution in [3.05, 3.63) is 24.3 Å². The number of carbonyl (C=O) groups is 1. The number of carbonyl (C=O) groups excluding carboxylic acids is 1. The highest BCUT2D eigenvalue weighted by Gasteiger charge is 2.12. The zero-order valence-corrected chi connectivity index (χ0v) is 4.90. The minimum Gasteiger partial charge on any atom is -0.385 e. The third-order valence-corrected chi connectivity index (χ3v) is 1.31. The summed E-state index contributed by atoms with van der Waals surface area (Å²) in [4.78, 5) is 9.97.